The van der Waals surface area contributed by atoms with E-state index in [1.807, 2.05) is 43.0 Å². The highest BCUT2D eigenvalue weighted by Crippen LogP contribution is 2.18. The van der Waals surface area contributed by atoms with Gasteiger partial charge in [0, 0.05) is 23.7 Å². The van der Waals surface area contributed by atoms with Crippen molar-refractivity contribution < 1.29 is 4.74 Å². The molecule has 1 aromatic carbocycles. The zero-order valence-corrected chi connectivity index (χ0v) is 12.8. The highest BCUT2D eigenvalue weighted by atomic mass is 35.5. The van der Waals surface area contributed by atoms with Gasteiger partial charge in [-0.1, -0.05) is 29.8 Å². The summed E-state index contributed by atoms with van der Waals surface area (Å²) in [6, 6.07) is 7.66. The van der Waals surface area contributed by atoms with E-state index in [4.69, 9.17) is 22.1 Å². The van der Waals surface area contributed by atoms with Gasteiger partial charge in [-0.05, 0) is 19.9 Å². The predicted molar refractivity (Wildman–Crippen MR) is 83.6 cm³/mol. The van der Waals surface area contributed by atoms with Gasteiger partial charge in [-0.25, -0.2) is 0 Å². The van der Waals surface area contributed by atoms with Gasteiger partial charge < -0.3 is 15.4 Å². The smallest absolute Gasteiger partial charge is 0.323 e. The summed E-state index contributed by atoms with van der Waals surface area (Å²) in [6.07, 6.45) is 0. The molecule has 7 heteroatoms. The topological polar surface area (TPSA) is 77.2 Å². The first-order valence-electron chi connectivity index (χ1n) is 6.76. The molecule has 1 heterocycles. The molecule has 0 aliphatic carbocycles. The van der Waals surface area contributed by atoms with Crippen molar-refractivity contribution in [1.29, 1.82) is 0 Å². The maximum absolute atomic E-state index is 6.08. The Hall–Kier alpha value is -2.08. The van der Waals surface area contributed by atoms with E-state index in [0.717, 1.165) is 18.7 Å². The number of aromatic nitrogens is 3. The van der Waals surface area contributed by atoms with E-state index in [1.54, 1.807) is 0 Å². The summed E-state index contributed by atoms with van der Waals surface area (Å²) in [4.78, 5) is 14.4. The molecule has 21 heavy (non-hydrogen) atoms. The molecule has 6 nitrogen and oxygen atoms in total. The third-order valence-electron chi connectivity index (χ3n) is 2.98. The summed E-state index contributed by atoms with van der Waals surface area (Å²) in [6.45, 7) is 5.89. The van der Waals surface area contributed by atoms with E-state index in [9.17, 15) is 0 Å². The highest BCUT2D eigenvalue weighted by Gasteiger charge is 2.11. The SMILES string of the molecule is CCN(CC)c1nc(N)nc(OCc2ccccc2Cl)n1. The number of benzene rings is 1. The number of nitrogens with zero attached hydrogens (tertiary/aromatic N) is 4. The number of nitrogen functional groups attached to an aromatic ring is 1. The first-order valence-corrected chi connectivity index (χ1v) is 7.14. The quantitative estimate of drug-likeness (QED) is 0.883. The van der Waals surface area contributed by atoms with Crippen LogP contribution in [0.4, 0.5) is 11.9 Å². The Morgan fingerprint density at radius 1 is 1.14 bits per heavy atom. The summed E-state index contributed by atoms with van der Waals surface area (Å²) in [5.74, 6) is 0.655. The fourth-order valence-electron chi connectivity index (χ4n) is 1.83. The van der Waals surface area contributed by atoms with Crippen LogP contribution in [0.2, 0.25) is 5.02 Å². The molecular formula is C14H18ClN5O. The van der Waals surface area contributed by atoms with Crippen LogP contribution in [0.3, 0.4) is 0 Å². The number of hydrogen-bond acceptors (Lipinski definition) is 6. The minimum absolute atomic E-state index is 0.140. The molecule has 0 saturated heterocycles. The van der Waals surface area contributed by atoms with Crippen LogP contribution in [-0.2, 0) is 6.61 Å². The number of anilines is 2. The van der Waals surface area contributed by atoms with Crippen LogP contribution in [0.1, 0.15) is 19.4 Å². The zero-order chi connectivity index (χ0) is 15.2. The molecular weight excluding hydrogens is 290 g/mol. The molecule has 0 bridgehead atoms. The molecule has 2 aromatic rings. The normalized spacial score (nSPS) is 10.4. The predicted octanol–water partition coefficient (Wildman–Crippen LogP) is 2.53. The second-order valence-corrected chi connectivity index (χ2v) is 4.74. The molecule has 0 aliphatic rings. The van der Waals surface area contributed by atoms with E-state index >= 15 is 0 Å². The van der Waals surface area contributed by atoms with Crippen LogP contribution in [0.5, 0.6) is 6.01 Å². The fraction of sp³-hybridized carbons (Fsp3) is 0.357. The summed E-state index contributed by atoms with van der Waals surface area (Å²) < 4.78 is 5.58. The second kappa shape index (κ2) is 7.08. The second-order valence-electron chi connectivity index (χ2n) is 4.33. The van der Waals surface area contributed by atoms with Crippen LogP contribution < -0.4 is 15.4 Å². The molecule has 112 valence electrons. The minimum atomic E-state index is 0.140. The Kier molecular flexibility index (Phi) is 5.16. The van der Waals surface area contributed by atoms with Crippen molar-refractivity contribution in [3.63, 3.8) is 0 Å². The van der Waals surface area contributed by atoms with E-state index < -0.39 is 0 Å². The van der Waals surface area contributed by atoms with Gasteiger partial charge in [0.25, 0.3) is 0 Å². The number of hydrogen-bond donors (Lipinski definition) is 1. The van der Waals surface area contributed by atoms with E-state index in [2.05, 4.69) is 15.0 Å². The van der Waals surface area contributed by atoms with Crippen molar-refractivity contribution in [3.05, 3.63) is 34.9 Å². The lowest BCUT2D eigenvalue weighted by Gasteiger charge is -2.18. The molecule has 1 aromatic heterocycles. The van der Waals surface area contributed by atoms with Crippen molar-refractivity contribution in [2.75, 3.05) is 23.7 Å². The molecule has 2 rings (SSSR count). The summed E-state index contributed by atoms with van der Waals surface area (Å²) in [5.41, 5.74) is 6.57. The van der Waals surface area contributed by atoms with Gasteiger partial charge in [0.05, 0.1) is 0 Å². The monoisotopic (exact) mass is 307 g/mol. The third-order valence-corrected chi connectivity index (χ3v) is 3.35. The number of halogens is 1. The molecule has 0 aliphatic heterocycles. The van der Waals surface area contributed by atoms with Gasteiger partial charge in [0.2, 0.25) is 11.9 Å². The van der Waals surface area contributed by atoms with Crippen LogP contribution in [-0.4, -0.2) is 28.0 Å². The summed E-state index contributed by atoms with van der Waals surface area (Å²) >= 11 is 6.08. The summed E-state index contributed by atoms with van der Waals surface area (Å²) in [7, 11) is 0. The average molecular weight is 308 g/mol. The van der Waals surface area contributed by atoms with E-state index in [0.29, 0.717) is 11.0 Å². The molecule has 0 saturated carbocycles. The minimum Gasteiger partial charge on any atom is -0.458 e. The first-order chi connectivity index (χ1) is 10.1. The van der Waals surface area contributed by atoms with Gasteiger partial charge in [-0.3, -0.25) is 0 Å². The molecule has 2 N–H and O–H groups in total. The molecule has 0 amide bonds. The molecule has 0 spiro atoms. The van der Waals surface area contributed by atoms with Crippen molar-refractivity contribution in [2.45, 2.75) is 20.5 Å². The van der Waals surface area contributed by atoms with Gasteiger partial charge in [-0.15, -0.1) is 0 Å². The maximum atomic E-state index is 6.08. The Morgan fingerprint density at radius 3 is 2.52 bits per heavy atom. The standard InChI is InChI=1S/C14H18ClN5O/c1-3-20(4-2)13-17-12(16)18-14(19-13)21-9-10-7-5-6-8-11(10)15/h5-8H,3-4,9H2,1-2H3,(H2,16,17,18,19). The zero-order valence-electron chi connectivity index (χ0n) is 12.1. The largest absolute Gasteiger partial charge is 0.458 e. The van der Waals surface area contributed by atoms with Crippen LogP contribution in [0.15, 0.2) is 24.3 Å². The molecule has 0 unspecified atom stereocenters. The van der Waals surface area contributed by atoms with E-state index in [-0.39, 0.29) is 18.6 Å². The molecule has 0 fully saturated rings. The lowest BCUT2D eigenvalue weighted by Crippen LogP contribution is -2.25. The Balaban J connectivity index is 2.15. The van der Waals surface area contributed by atoms with Gasteiger partial charge >= 0.3 is 6.01 Å². The van der Waals surface area contributed by atoms with Crippen LogP contribution >= 0.6 is 11.6 Å². The Bertz CT molecular complexity index is 604. The van der Waals surface area contributed by atoms with Crippen molar-refractivity contribution in [1.82, 2.24) is 15.0 Å². The van der Waals surface area contributed by atoms with Gasteiger partial charge in [0.1, 0.15) is 6.61 Å². The number of ether oxygens (including phenoxy) is 1. The lowest BCUT2D eigenvalue weighted by molar-refractivity contribution is 0.280. The maximum Gasteiger partial charge on any atom is 0.323 e. The average Bonchev–Trinajstić information content (AvgIpc) is 2.47. The molecule has 0 radical (unpaired) electrons. The summed E-state index contributed by atoms with van der Waals surface area (Å²) in [5, 5.41) is 0.642. The Morgan fingerprint density at radius 2 is 1.86 bits per heavy atom. The van der Waals surface area contributed by atoms with Gasteiger partial charge in [-0.2, -0.15) is 15.0 Å². The lowest BCUT2D eigenvalue weighted by atomic mass is 10.2. The van der Waals surface area contributed by atoms with Crippen molar-refractivity contribution >= 4 is 23.5 Å². The Labute approximate surface area is 128 Å². The fourth-order valence-corrected chi connectivity index (χ4v) is 2.02. The van der Waals surface area contributed by atoms with Crippen LogP contribution in [0, 0.1) is 0 Å². The van der Waals surface area contributed by atoms with Crippen molar-refractivity contribution in [2.24, 2.45) is 0 Å². The first kappa shape index (κ1) is 15.3. The van der Waals surface area contributed by atoms with Crippen LogP contribution in [0.25, 0.3) is 0 Å². The number of nitrogens with two attached hydrogens (primary N) is 1. The highest BCUT2D eigenvalue weighted by molar-refractivity contribution is 6.31. The number of rotatable bonds is 6. The van der Waals surface area contributed by atoms with Crippen molar-refractivity contribution in [3.8, 4) is 6.01 Å². The molecule has 0 atom stereocenters. The van der Waals surface area contributed by atoms with E-state index in [1.165, 1.54) is 0 Å². The third kappa shape index (κ3) is 3.95. The van der Waals surface area contributed by atoms with Gasteiger partial charge in [0.15, 0.2) is 0 Å².